The minimum atomic E-state index is -0.719. The van der Waals surface area contributed by atoms with E-state index >= 15 is 0 Å². The van der Waals surface area contributed by atoms with Gasteiger partial charge in [0.2, 0.25) is 0 Å². The van der Waals surface area contributed by atoms with Crippen LogP contribution in [-0.4, -0.2) is 67.0 Å². The first-order chi connectivity index (χ1) is 20.2. The van der Waals surface area contributed by atoms with Crippen molar-refractivity contribution < 1.29 is 19.4 Å². The molecule has 4 aromatic rings. The Morgan fingerprint density at radius 3 is 2.60 bits per heavy atom. The molecule has 0 unspecified atom stereocenters. The SMILES string of the molecule is CC1(C(=O)O)CCC(N2CCO[C@@H](c3ncc4c(N)nc(-c5ccc(C(=O)Nc6ccccn6)cc5)c(Cl)n34)C2)CC1. The molecule has 11 nitrogen and oxygen atoms in total. The summed E-state index contributed by atoms with van der Waals surface area (Å²) in [5.41, 5.74) is 7.91. The number of hydrogen-bond donors (Lipinski definition) is 3. The van der Waals surface area contributed by atoms with Crippen molar-refractivity contribution >= 4 is 40.6 Å². The molecule has 1 amide bonds. The number of fused-ring (bicyclic) bond motifs is 1. The fraction of sp³-hybridized carbons (Fsp3) is 0.367. The highest BCUT2D eigenvalue weighted by Gasteiger charge is 2.40. The van der Waals surface area contributed by atoms with Crippen molar-refractivity contribution in [3.63, 3.8) is 0 Å². The molecule has 2 aliphatic rings. The monoisotopic (exact) mass is 589 g/mol. The molecule has 1 atom stereocenters. The summed E-state index contributed by atoms with van der Waals surface area (Å²) in [6, 6.07) is 12.5. The Morgan fingerprint density at radius 1 is 1.14 bits per heavy atom. The van der Waals surface area contributed by atoms with Crippen LogP contribution >= 0.6 is 11.6 Å². The zero-order valence-corrected chi connectivity index (χ0v) is 23.9. The van der Waals surface area contributed by atoms with E-state index in [1.54, 1.807) is 59.3 Å². The number of nitrogens with zero attached hydrogens (tertiary/aromatic N) is 5. The average Bonchev–Trinajstić information content (AvgIpc) is 3.46. The first kappa shape index (κ1) is 28.1. The summed E-state index contributed by atoms with van der Waals surface area (Å²) in [6.45, 7) is 3.75. The van der Waals surface area contributed by atoms with Gasteiger partial charge in [0.25, 0.3) is 5.91 Å². The number of amides is 1. The third kappa shape index (κ3) is 5.31. The number of aromatic nitrogens is 4. The lowest BCUT2D eigenvalue weighted by molar-refractivity contribution is -0.151. The molecule has 2 fully saturated rings. The van der Waals surface area contributed by atoms with E-state index in [1.165, 1.54) is 0 Å². The molecule has 12 heteroatoms. The van der Waals surface area contributed by atoms with Crippen molar-refractivity contribution in [3.8, 4) is 11.3 Å². The van der Waals surface area contributed by atoms with Crippen LogP contribution < -0.4 is 11.1 Å². The highest BCUT2D eigenvalue weighted by molar-refractivity contribution is 6.32. The number of carbonyl (C=O) groups is 2. The Labute approximate surface area is 247 Å². The zero-order valence-electron chi connectivity index (χ0n) is 23.2. The summed E-state index contributed by atoms with van der Waals surface area (Å²) in [7, 11) is 0. The first-order valence-corrected chi connectivity index (χ1v) is 14.4. The Kier molecular flexibility index (Phi) is 7.56. The fourth-order valence-electron chi connectivity index (χ4n) is 5.87. The number of nitrogen functional groups attached to an aromatic ring is 1. The van der Waals surface area contributed by atoms with Crippen LogP contribution in [0.5, 0.6) is 0 Å². The van der Waals surface area contributed by atoms with Crippen molar-refractivity contribution in [2.75, 3.05) is 30.7 Å². The Balaban J connectivity index is 1.23. The Hall–Kier alpha value is -4.06. The quantitative estimate of drug-likeness (QED) is 0.291. The van der Waals surface area contributed by atoms with Crippen molar-refractivity contribution in [2.45, 2.75) is 44.8 Å². The van der Waals surface area contributed by atoms with Gasteiger partial charge in [-0.2, -0.15) is 0 Å². The summed E-state index contributed by atoms with van der Waals surface area (Å²) in [5, 5.41) is 12.7. The van der Waals surface area contributed by atoms with E-state index in [2.05, 4.69) is 25.2 Å². The number of ether oxygens (including phenoxy) is 1. The Morgan fingerprint density at radius 2 is 1.90 bits per heavy atom. The lowest BCUT2D eigenvalue weighted by atomic mass is 9.73. The lowest BCUT2D eigenvalue weighted by Crippen LogP contribution is -2.48. The van der Waals surface area contributed by atoms with Gasteiger partial charge in [-0.1, -0.05) is 29.8 Å². The van der Waals surface area contributed by atoms with Gasteiger partial charge < -0.3 is 20.9 Å². The number of carboxylic acid groups (broad SMARTS) is 1. The van der Waals surface area contributed by atoms with E-state index in [4.69, 9.17) is 22.1 Å². The van der Waals surface area contributed by atoms with Crippen LogP contribution in [0.1, 0.15) is 54.9 Å². The number of carboxylic acids is 1. The van der Waals surface area contributed by atoms with Gasteiger partial charge in [0.1, 0.15) is 39.9 Å². The maximum absolute atomic E-state index is 12.7. The van der Waals surface area contributed by atoms with E-state index in [0.29, 0.717) is 71.2 Å². The number of nitrogens with two attached hydrogens (primary N) is 1. The maximum atomic E-state index is 12.7. The third-order valence-corrected chi connectivity index (χ3v) is 8.83. The predicted molar refractivity (Wildman–Crippen MR) is 158 cm³/mol. The molecule has 218 valence electrons. The molecule has 3 aromatic heterocycles. The van der Waals surface area contributed by atoms with Crippen LogP contribution in [0.3, 0.4) is 0 Å². The highest BCUT2D eigenvalue weighted by Crippen LogP contribution is 2.39. The van der Waals surface area contributed by atoms with Crippen LogP contribution in [0.4, 0.5) is 11.6 Å². The lowest BCUT2D eigenvalue weighted by Gasteiger charge is -2.42. The maximum Gasteiger partial charge on any atom is 0.309 e. The number of nitrogens with one attached hydrogen (secondary N) is 1. The summed E-state index contributed by atoms with van der Waals surface area (Å²) in [5.74, 6) is 0.373. The number of anilines is 2. The molecule has 0 radical (unpaired) electrons. The standard InChI is InChI=1S/C30H32ClN7O4/c1-30(29(40)41)11-9-20(10-12-30)37-14-15-42-22(17-37)27-34-16-21-26(32)36-24(25(31)38(21)27)18-5-7-19(8-6-18)28(39)35-23-4-2-3-13-33-23/h2-8,13,16,20,22H,9-12,14-15,17H2,1H3,(H2,32,36)(H,40,41)(H,33,35,39)/t20?,22-,30?/m1/s1. The zero-order chi connectivity index (χ0) is 29.4. The van der Waals surface area contributed by atoms with Gasteiger partial charge in [0, 0.05) is 36.5 Å². The average molecular weight is 590 g/mol. The summed E-state index contributed by atoms with van der Waals surface area (Å²) >= 11 is 6.96. The number of aliphatic carboxylic acids is 1. The van der Waals surface area contributed by atoms with E-state index in [9.17, 15) is 14.7 Å². The number of morpholine rings is 1. The van der Waals surface area contributed by atoms with Crippen molar-refractivity contribution in [1.29, 1.82) is 0 Å². The number of rotatable bonds is 6. The van der Waals surface area contributed by atoms with Crippen molar-refractivity contribution in [2.24, 2.45) is 5.41 Å². The molecule has 1 aliphatic carbocycles. The second-order valence-corrected chi connectivity index (χ2v) is 11.5. The molecule has 4 heterocycles. The smallest absolute Gasteiger partial charge is 0.309 e. The van der Waals surface area contributed by atoms with Crippen LogP contribution in [0.15, 0.2) is 54.9 Å². The number of imidazole rings is 1. The van der Waals surface area contributed by atoms with Gasteiger partial charge in [-0.05, 0) is 56.9 Å². The van der Waals surface area contributed by atoms with E-state index < -0.39 is 11.4 Å². The minimum absolute atomic E-state index is 0.276. The molecule has 1 saturated carbocycles. The largest absolute Gasteiger partial charge is 0.481 e. The second-order valence-electron chi connectivity index (χ2n) is 11.2. The van der Waals surface area contributed by atoms with Crippen molar-refractivity contribution in [1.82, 2.24) is 24.3 Å². The molecule has 1 aromatic carbocycles. The summed E-state index contributed by atoms with van der Waals surface area (Å²) in [6.07, 6.45) is 5.88. The third-order valence-electron chi connectivity index (χ3n) is 8.48. The fourth-order valence-corrected chi connectivity index (χ4v) is 6.20. The van der Waals surface area contributed by atoms with Crippen LogP contribution in [-0.2, 0) is 9.53 Å². The molecular weight excluding hydrogens is 558 g/mol. The molecule has 1 aliphatic heterocycles. The Bertz CT molecular complexity index is 1620. The van der Waals surface area contributed by atoms with Gasteiger partial charge in [0.15, 0.2) is 0 Å². The first-order valence-electron chi connectivity index (χ1n) is 14.0. The van der Waals surface area contributed by atoms with Gasteiger partial charge in [-0.15, -0.1) is 0 Å². The van der Waals surface area contributed by atoms with Gasteiger partial charge >= 0.3 is 5.97 Å². The van der Waals surface area contributed by atoms with Crippen LogP contribution in [0, 0.1) is 5.41 Å². The number of halogens is 1. The van der Waals surface area contributed by atoms with Crippen LogP contribution in [0.25, 0.3) is 16.8 Å². The normalized spacial score (nSPS) is 23.1. The van der Waals surface area contributed by atoms with Gasteiger partial charge in [0.05, 0.1) is 18.2 Å². The predicted octanol–water partition coefficient (Wildman–Crippen LogP) is 4.69. The van der Waals surface area contributed by atoms with Gasteiger partial charge in [-0.3, -0.25) is 18.9 Å². The number of benzene rings is 1. The molecule has 4 N–H and O–H groups in total. The molecule has 0 spiro atoms. The topological polar surface area (TPSA) is 148 Å². The molecule has 1 saturated heterocycles. The highest BCUT2D eigenvalue weighted by atomic mass is 35.5. The molecular formula is C30H32ClN7O4. The number of pyridine rings is 1. The second kappa shape index (κ2) is 11.3. The van der Waals surface area contributed by atoms with Crippen LogP contribution in [0.2, 0.25) is 5.15 Å². The van der Waals surface area contributed by atoms with E-state index in [0.717, 1.165) is 19.4 Å². The van der Waals surface area contributed by atoms with Gasteiger partial charge in [-0.25, -0.2) is 15.0 Å². The van der Waals surface area contributed by atoms with E-state index in [-0.39, 0.29) is 17.8 Å². The minimum Gasteiger partial charge on any atom is -0.481 e. The summed E-state index contributed by atoms with van der Waals surface area (Å²) in [4.78, 5) is 40.1. The number of carbonyl (C=O) groups excluding carboxylic acids is 1. The van der Waals surface area contributed by atoms with E-state index in [1.807, 2.05) is 6.92 Å². The summed E-state index contributed by atoms with van der Waals surface area (Å²) < 4.78 is 7.96. The molecule has 0 bridgehead atoms. The molecule has 6 rings (SSSR count). The van der Waals surface area contributed by atoms with Crippen molar-refractivity contribution in [3.05, 3.63) is 71.4 Å². The molecule has 42 heavy (non-hydrogen) atoms. The number of hydrogen-bond acceptors (Lipinski definition) is 8.